The molecule has 0 bridgehead atoms. The summed E-state index contributed by atoms with van der Waals surface area (Å²) in [5.41, 5.74) is 3.42. The molecule has 106 valence electrons. The minimum Gasteiger partial charge on any atom is -0.496 e. The van der Waals surface area contributed by atoms with Crippen molar-refractivity contribution in [3.05, 3.63) is 62.6 Å². The van der Waals surface area contributed by atoms with Crippen molar-refractivity contribution in [3.63, 3.8) is 0 Å². The molecule has 0 saturated heterocycles. The van der Waals surface area contributed by atoms with E-state index in [9.17, 15) is 5.11 Å². The Labute approximate surface area is 128 Å². The SMILES string of the molecule is COc1c(C(O)c2ccc(Cl)cc2Cl)ccc(C)c1C. The maximum Gasteiger partial charge on any atom is 0.128 e. The van der Waals surface area contributed by atoms with Gasteiger partial charge in [-0.15, -0.1) is 0 Å². The topological polar surface area (TPSA) is 29.5 Å². The van der Waals surface area contributed by atoms with Gasteiger partial charge in [-0.3, -0.25) is 0 Å². The Morgan fingerprint density at radius 2 is 1.70 bits per heavy atom. The number of rotatable bonds is 3. The van der Waals surface area contributed by atoms with Gasteiger partial charge in [-0.05, 0) is 37.1 Å². The number of halogens is 2. The number of aliphatic hydroxyl groups excluding tert-OH is 1. The Morgan fingerprint density at radius 1 is 1.05 bits per heavy atom. The van der Waals surface area contributed by atoms with Gasteiger partial charge in [0.15, 0.2) is 0 Å². The maximum absolute atomic E-state index is 10.6. The Morgan fingerprint density at radius 3 is 2.30 bits per heavy atom. The normalized spacial score (nSPS) is 12.3. The maximum atomic E-state index is 10.6. The molecule has 2 rings (SSSR count). The summed E-state index contributed by atoms with van der Waals surface area (Å²) in [5, 5.41) is 11.6. The molecule has 0 aliphatic heterocycles. The van der Waals surface area contributed by atoms with Gasteiger partial charge in [-0.25, -0.2) is 0 Å². The molecule has 0 saturated carbocycles. The number of hydrogen-bond acceptors (Lipinski definition) is 2. The molecule has 0 spiro atoms. The van der Waals surface area contributed by atoms with E-state index in [1.165, 1.54) is 0 Å². The summed E-state index contributed by atoms with van der Waals surface area (Å²) in [6.07, 6.45) is -0.853. The van der Waals surface area contributed by atoms with Crippen molar-refractivity contribution in [1.82, 2.24) is 0 Å². The predicted molar refractivity (Wildman–Crippen MR) is 83.0 cm³/mol. The quantitative estimate of drug-likeness (QED) is 0.890. The van der Waals surface area contributed by atoms with Crippen LogP contribution in [0.1, 0.15) is 28.4 Å². The molecule has 0 amide bonds. The van der Waals surface area contributed by atoms with E-state index < -0.39 is 6.10 Å². The molecule has 0 aliphatic carbocycles. The first-order valence-electron chi connectivity index (χ1n) is 6.22. The molecule has 4 heteroatoms. The van der Waals surface area contributed by atoms with Crippen LogP contribution in [0.3, 0.4) is 0 Å². The van der Waals surface area contributed by atoms with E-state index >= 15 is 0 Å². The van der Waals surface area contributed by atoms with Crippen molar-refractivity contribution < 1.29 is 9.84 Å². The number of aryl methyl sites for hydroxylation is 1. The van der Waals surface area contributed by atoms with Gasteiger partial charge in [0.2, 0.25) is 0 Å². The summed E-state index contributed by atoms with van der Waals surface area (Å²) in [5.74, 6) is 0.684. The molecule has 0 aliphatic rings. The lowest BCUT2D eigenvalue weighted by atomic mass is 9.96. The standard InChI is InChI=1S/C16H16Cl2O2/c1-9-4-6-13(16(20-3)10(9)2)15(19)12-7-5-11(17)8-14(12)18/h4-8,15,19H,1-3H3. The smallest absolute Gasteiger partial charge is 0.128 e. The number of ether oxygens (including phenoxy) is 1. The summed E-state index contributed by atoms with van der Waals surface area (Å²) >= 11 is 12.0. The van der Waals surface area contributed by atoms with Gasteiger partial charge in [-0.2, -0.15) is 0 Å². The molecule has 0 heterocycles. The molecule has 0 fully saturated rings. The molecule has 0 radical (unpaired) electrons. The third-order valence-corrected chi connectivity index (χ3v) is 4.03. The average Bonchev–Trinajstić information content (AvgIpc) is 2.41. The third-order valence-electron chi connectivity index (χ3n) is 3.46. The minimum absolute atomic E-state index is 0.435. The van der Waals surface area contributed by atoms with Crippen molar-refractivity contribution in [1.29, 1.82) is 0 Å². The van der Waals surface area contributed by atoms with Gasteiger partial charge in [0.1, 0.15) is 11.9 Å². The second-order valence-corrected chi connectivity index (χ2v) is 5.54. The lowest BCUT2D eigenvalue weighted by molar-refractivity contribution is 0.214. The van der Waals surface area contributed by atoms with E-state index in [1.54, 1.807) is 25.3 Å². The fourth-order valence-corrected chi connectivity index (χ4v) is 2.70. The zero-order valence-electron chi connectivity index (χ0n) is 11.6. The van der Waals surface area contributed by atoms with Crippen LogP contribution in [0.2, 0.25) is 10.0 Å². The van der Waals surface area contributed by atoms with Gasteiger partial charge >= 0.3 is 0 Å². The third kappa shape index (κ3) is 2.78. The Bertz CT molecular complexity index is 639. The first kappa shape index (κ1) is 15.2. The molecule has 2 aromatic carbocycles. The summed E-state index contributed by atoms with van der Waals surface area (Å²) < 4.78 is 5.43. The van der Waals surface area contributed by atoms with E-state index in [2.05, 4.69) is 0 Å². The van der Waals surface area contributed by atoms with Crippen molar-refractivity contribution in [2.75, 3.05) is 7.11 Å². The summed E-state index contributed by atoms with van der Waals surface area (Å²) in [7, 11) is 1.60. The molecule has 2 nitrogen and oxygen atoms in total. The van der Waals surface area contributed by atoms with Crippen LogP contribution >= 0.6 is 23.2 Å². The molecular formula is C16H16Cl2O2. The summed E-state index contributed by atoms with van der Waals surface area (Å²) in [4.78, 5) is 0. The molecule has 1 unspecified atom stereocenters. The monoisotopic (exact) mass is 310 g/mol. The number of benzene rings is 2. The molecule has 1 N–H and O–H groups in total. The van der Waals surface area contributed by atoms with E-state index in [4.69, 9.17) is 27.9 Å². The Balaban J connectivity index is 2.53. The summed E-state index contributed by atoms with van der Waals surface area (Å²) in [6, 6.07) is 8.87. The van der Waals surface area contributed by atoms with Gasteiger partial charge in [0, 0.05) is 21.2 Å². The second-order valence-electron chi connectivity index (χ2n) is 4.70. The van der Waals surface area contributed by atoms with Crippen LogP contribution in [-0.2, 0) is 0 Å². The molecule has 1 atom stereocenters. The highest BCUT2D eigenvalue weighted by molar-refractivity contribution is 6.35. The predicted octanol–water partition coefficient (Wildman–Crippen LogP) is 4.70. The van der Waals surface area contributed by atoms with Gasteiger partial charge in [0.25, 0.3) is 0 Å². The average molecular weight is 311 g/mol. The second kappa shape index (κ2) is 6.04. The van der Waals surface area contributed by atoms with Crippen molar-refractivity contribution >= 4 is 23.2 Å². The van der Waals surface area contributed by atoms with Crippen LogP contribution in [0.5, 0.6) is 5.75 Å². The number of aliphatic hydroxyl groups is 1. The Hall–Kier alpha value is -1.22. The van der Waals surface area contributed by atoms with Crippen LogP contribution in [-0.4, -0.2) is 12.2 Å². The Kier molecular flexibility index (Phi) is 4.59. The van der Waals surface area contributed by atoms with Gasteiger partial charge < -0.3 is 9.84 Å². The van der Waals surface area contributed by atoms with Crippen LogP contribution in [0.25, 0.3) is 0 Å². The highest BCUT2D eigenvalue weighted by Gasteiger charge is 2.20. The first-order chi connectivity index (χ1) is 9.45. The van der Waals surface area contributed by atoms with Crippen molar-refractivity contribution in [3.8, 4) is 5.75 Å². The molecule has 20 heavy (non-hydrogen) atoms. The van der Waals surface area contributed by atoms with E-state index in [1.807, 2.05) is 26.0 Å². The summed E-state index contributed by atoms with van der Waals surface area (Å²) in [6.45, 7) is 3.97. The van der Waals surface area contributed by atoms with Crippen LogP contribution in [0.4, 0.5) is 0 Å². The fourth-order valence-electron chi connectivity index (χ4n) is 2.19. The molecule has 0 aromatic heterocycles. The highest BCUT2D eigenvalue weighted by atomic mass is 35.5. The van der Waals surface area contributed by atoms with Gasteiger partial charge in [0.05, 0.1) is 7.11 Å². The molecule has 2 aromatic rings. The van der Waals surface area contributed by atoms with Crippen LogP contribution in [0.15, 0.2) is 30.3 Å². The zero-order valence-corrected chi connectivity index (χ0v) is 13.1. The van der Waals surface area contributed by atoms with E-state index in [-0.39, 0.29) is 0 Å². The van der Waals surface area contributed by atoms with E-state index in [0.29, 0.717) is 26.9 Å². The van der Waals surface area contributed by atoms with Crippen molar-refractivity contribution in [2.45, 2.75) is 20.0 Å². The lowest BCUT2D eigenvalue weighted by Gasteiger charge is -2.19. The highest BCUT2D eigenvalue weighted by Crippen LogP contribution is 2.37. The largest absolute Gasteiger partial charge is 0.496 e. The van der Waals surface area contributed by atoms with Crippen LogP contribution < -0.4 is 4.74 Å². The minimum atomic E-state index is -0.853. The first-order valence-corrected chi connectivity index (χ1v) is 6.98. The van der Waals surface area contributed by atoms with E-state index in [0.717, 1.165) is 11.1 Å². The zero-order chi connectivity index (χ0) is 14.9. The fraction of sp³-hybridized carbons (Fsp3) is 0.250. The molecular weight excluding hydrogens is 295 g/mol. The van der Waals surface area contributed by atoms with Gasteiger partial charge in [-0.1, -0.05) is 41.4 Å². The lowest BCUT2D eigenvalue weighted by Crippen LogP contribution is -2.05. The van der Waals surface area contributed by atoms with Crippen LogP contribution in [0, 0.1) is 13.8 Å². The number of methoxy groups -OCH3 is 1. The number of hydrogen-bond donors (Lipinski definition) is 1. The van der Waals surface area contributed by atoms with Crippen molar-refractivity contribution in [2.24, 2.45) is 0 Å².